The molecule has 5 rings (SSSR count). The van der Waals surface area contributed by atoms with Gasteiger partial charge in [0.1, 0.15) is 11.6 Å². The van der Waals surface area contributed by atoms with Gasteiger partial charge in [-0.3, -0.25) is 4.79 Å². The van der Waals surface area contributed by atoms with E-state index in [0.29, 0.717) is 25.2 Å². The van der Waals surface area contributed by atoms with Crippen LogP contribution < -0.4 is 0 Å². The van der Waals surface area contributed by atoms with Crippen molar-refractivity contribution in [3.05, 3.63) is 41.5 Å². The van der Waals surface area contributed by atoms with Crippen LogP contribution in [0.25, 0.3) is 0 Å². The van der Waals surface area contributed by atoms with Gasteiger partial charge in [0.2, 0.25) is 10.0 Å². The number of nitrogens with zero attached hydrogens (tertiary/aromatic N) is 5. The first-order valence-corrected chi connectivity index (χ1v) is 14.2. The molecule has 3 aliphatic heterocycles. The van der Waals surface area contributed by atoms with Gasteiger partial charge in [-0.25, -0.2) is 8.42 Å². The summed E-state index contributed by atoms with van der Waals surface area (Å²) in [6, 6.07) is 6.51. The predicted molar refractivity (Wildman–Crippen MR) is 129 cm³/mol. The van der Waals surface area contributed by atoms with Crippen LogP contribution >= 0.6 is 0 Å². The third-order valence-corrected chi connectivity index (χ3v) is 9.69. The number of hydrogen-bond donors (Lipinski definition) is 0. The Hall–Kier alpha value is -2.26. The second-order valence-electron chi connectivity index (χ2n) is 10.0. The van der Waals surface area contributed by atoms with Gasteiger partial charge >= 0.3 is 0 Å². The van der Waals surface area contributed by atoms with E-state index in [2.05, 4.69) is 14.8 Å². The topological polar surface area (TPSA) is 88.4 Å². The first kappa shape index (κ1) is 23.5. The van der Waals surface area contributed by atoms with Gasteiger partial charge in [0, 0.05) is 50.1 Å². The lowest BCUT2D eigenvalue weighted by molar-refractivity contribution is 0.0703. The Morgan fingerprint density at radius 3 is 2.50 bits per heavy atom. The zero-order valence-corrected chi connectivity index (χ0v) is 20.8. The van der Waals surface area contributed by atoms with Crippen molar-refractivity contribution >= 4 is 15.9 Å². The standard InChI is InChI=1S/C25H35N5O3S/c1-19-8-4-6-17-30(19)34(32,33)22-13-11-20(12-14-22)25(31)28-15-7-9-21(18-28)24-27-26-23-10-3-2-5-16-29(23)24/h11-14,19,21H,2-10,15-18H2,1H3. The maximum atomic E-state index is 13.3. The number of aryl methyl sites for hydroxylation is 1. The lowest BCUT2D eigenvalue weighted by atomic mass is 9.96. The Kier molecular flexibility index (Phi) is 6.75. The molecule has 0 saturated carbocycles. The summed E-state index contributed by atoms with van der Waals surface area (Å²) in [7, 11) is -3.54. The Bertz CT molecular complexity index is 1130. The van der Waals surface area contributed by atoms with E-state index in [0.717, 1.165) is 69.6 Å². The van der Waals surface area contributed by atoms with E-state index in [9.17, 15) is 13.2 Å². The van der Waals surface area contributed by atoms with E-state index >= 15 is 0 Å². The predicted octanol–water partition coefficient (Wildman–Crippen LogP) is 3.59. The Balaban J connectivity index is 1.30. The summed E-state index contributed by atoms with van der Waals surface area (Å²) < 4.78 is 30.1. The highest BCUT2D eigenvalue weighted by atomic mass is 32.2. The molecule has 0 aliphatic carbocycles. The number of amides is 1. The number of carbonyl (C=O) groups is 1. The minimum Gasteiger partial charge on any atom is -0.338 e. The average Bonchev–Trinajstić information content (AvgIpc) is 3.12. The second kappa shape index (κ2) is 9.77. The van der Waals surface area contributed by atoms with Crippen molar-refractivity contribution in [2.75, 3.05) is 19.6 Å². The van der Waals surface area contributed by atoms with Crippen LogP contribution in [0.3, 0.4) is 0 Å². The Morgan fingerprint density at radius 1 is 0.912 bits per heavy atom. The van der Waals surface area contributed by atoms with Crippen LogP contribution in [-0.2, 0) is 23.0 Å². The van der Waals surface area contributed by atoms with Gasteiger partial charge in [0.25, 0.3) is 5.91 Å². The van der Waals surface area contributed by atoms with Crippen molar-refractivity contribution in [3.8, 4) is 0 Å². The molecule has 1 amide bonds. The normalized spacial score (nSPS) is 24.4. The Labute approximate surface area is 202 Å². The summed E-state index contributed by atoms with van der Waals surface area (Å²) in [5, 5.41) is 8.97. The zero-order valence-electron chi connectivity index (χ0n) is 20.0. The summed E-state index contributed by atoms with van der Waals surface area (Å²) in [5.74, 6) is 2.25. The zero-order chi connectivity index (χ0) is 23.7. The van der Waals surface area contributed by atoms with Gasteiger partial charge in [-0.15, -0.1) is 10.2 Å². The van der Waals surface area contributed by atoms with E-state index in [1.165, 1.54) is 6.42 Å². The fourth-order valence-corrected chi connectivity index (χ4v) is 7.40. The number of piperidine rings is 2. The van der Waals surface area contributed by atoms with E-state index in [-0.39, 0.29) is 22.8 Å². The van der Waals surface area contributed by atoms with E-state index < -0.39 is 10.0 Å². The van der Waals surface area contributed by atoms with Crippen molar-refractivity contribution in [1.29, 1.82) is 0 Å². The van der Waals surface area contributed by atoms with Crippen LogP contribution in [0.2, 0.25) is 0 Å². The fourth-order valence-electron chi connectivity index (χ4n) is 5.70. The molecule has 9 heteroatoms. The molecule has 34 heavy (non-hydrogen) atoms. The molecule has 0 spiro atoms. The van der Waals surface area contributed by atoms with Crippen molar-refractivity contribution < 1.29 is 13.2 Å². The monoisotopic (exact) mass is 485 g/mol. The molecule has 8 nitrogen and oxygen atoms in total. The number of likely N-dealkylation sites (tertiary alicyclic amines) is 1. The molecule has 0 N–H and O–H groups in total. The smallest absolute Gasteiger partial charge is 0.253 e. The molecule has 2 saturated heterocycles. The highest BCUT2D eigenvalue weighted by Gasteiger charge is 2.32. The number of rotatable bonds is 4. The van der Waals surface area contributed by atoms with Crippen molar-refractivity contribution in [1.82, 2.24) is 24.0 Å². The van der Waals surface area contributed by atoms with Gasteiger partial charge in [-0.05, 0) is 69.7 Å². The summed E-state index contributed by atoms with van der Waals surface area (Å²) >= 11 is 0. The van der Waals surface area contributed by atoms with Crippen LogP contribution in [0.15, 0.2) is 29.2 Å². The van der Waals surface area contributed by atoms with Crippen molar-refractivity contribution in [2.45, 2.75) is 88.1 Å². The third-order valence-electron chi connectivity index (χ3n) is 7.66. The van der Waals surface area contributed by atoms with Crippen LogP contribution in [-0.4, -0.2) is 64.0 Å². The molecular formula is C25H35N5O3S. The Morgan fingerprint density at radius 2 is 1.71 bits per heavy atom. The minimum absolute atomic E-state index is 0.0116. The summed E-state index contributed by atoms with van der Waals surface area (Å²) in [6.45, 7) is 4.83. The average molecular weight is 486 g/mol. The van der Waals surface area contributed by atoms with Gasteiger partial charge in [0.15, 0.2) is 0 Å². The summed E-state index contributed by atoms with van der Waals surface area (Å²) in [6.07, 6.45) is 9.30. The first-order valence-electron chi connectivity index (χ1n) is 12.8. The number of benzene rings is 1. The molecule has 0 radical (unpaired) electrons. The molecule has 1 aromatic carbocycles. The second-order valence-corrected chi connectivity index (χ2v) is 11.9. The van der Waals surface area contributed by atoms with Crippen molar-refractivity contribution in [2.24, 2.45) is 0 Å². The molecule has 3 aliphatic rings. The van der Waals surface area contributed by atoms with Gasteiger partial charge in [-0.2, -0.15) is 4.31 Å². The lowest BCUT2D eigenvalue weighted by Gasteiger charge is -2.33. The van der Waals surface area contributed by atoms with Crippen molar-refractivity contribution in [3.63, 3.8) is 0 Å². The molecular weight excluding hydrogens is 450 g/mol. The van der Waals surface area contributed by atoms with E-state index in [1.807, 2.05) is 11.8 Å². The summed E-state index contributed by atoms with van der Waals surface area (Å²) in [4.78, 5) is 15.5. The lowest BCUT2D eigenvalue weighted by Crippen LogP contribution is -2.42. The molecule has 184 valence electrons. The van der Waals surface area contributed by atoms with Crippen LogP contribution in [0.5, 0.6) is 0 Å². The molecule has 2 atom stereocenters. The number of aromatic nitrogens is 3. The number of carbonyl (C=O) groups excluding carboxylic acids is 1. The van der Waals surface area contributed by atoms with Gasteiger partial charge in [-0.1, -0.05) is 12.8 Å². The van der Waals surface area contributed by atoms with Crippen LogP contribution in [0.4, 0.5) is 0 Å². The van der Waals surface area contributed by atoms with Crippen LogP contribution in [0, 0.1) is 0 Å². The molecule has 1 aromatic heterocycles. The number of hydrogen-bond acceptors (Lipinski definition) is 5. The molecule has 2 aromatic rings. The minimum atomic E-state index is -3.54. The maximum absolute atomic E-state index is 13.3. The molecule has 0 bridgehead atoms. The maximum Gasteiger partial charge on any atom is 0.253 e. The van der Waals surface area contributed by atoms with E-state index in [1.54, 1.807) is 28.6 Å². The summed E-state index contributed by atoms with van der Waals surface area (Å²) in [5.41, 5.74) is 0.534. The molecule has 4 heterocycles. The largest absolute Gasteiger partial charge is 0.338 e. The third kappa shape index (κ3) is 4.52. The molecule has 2 fully saturated rings. The fraction of sp³-hybridized carbons (Fsp3) is 0.640. The van der Waals surface area contributed by atoms with Gasteiger partial charge < -0.3 is 9.47 Å². The number of fused-ring (bicyclic) bond motifs is 1. The van der Waals surface area contributed by atoms with Gasteiger partial charge in [0.05, 0.1) is 4.90 Å². The number of sulfonamides is 1. The SMILES string of the molecule is CC1CCCCN1S(=O)(=O)c1ccc(C(=O)N2CCCC(c3nnc4n3CCCCC4)C2)cc1. The molecule has 2 unspecified atom stereocenters. The highest BCUT2D eigenvalue weighted by molar-refractivity contribution is 7.89. The van der Waals surface area contributed by atoms with Crippen LogP contribution in [0.1, 0.15) is 86.2 Å². The quantitative estimate of drug-likeness (QED) is 0.660. The highest BCUT2D eigenvalue weighted by Crippen LogP contribution is 2.29. The first-order chi connectivity index (χ1) is 16.4. The van der Waals surface area contributed by atoms with E-state index in [4.69, 9.17) is 0 Å².